The van der Waals surface area contributed by atoms with Gasteiger partial charge in [-0.1, -0.05) is 47.1 Å². The highest BCUT2D eigenvalue weighted by molar-refractivity contribution is 5.35. The van der Waals surface area contributed by atoms with Crippen molar-refractivity contribution in [3.8, 4) is 5.69 Å². The molecule has 0 unspecified atom stereocenters. The van der Waals surface area contributed by atoms with Gasteiger partial charge in [0.15, 0.2) is 0 Å². The molecule has 5 rings (SSSR count). The monoisotopic (exact) mass is 290 g/mol. The molecule has 0 amide bonds. The second-order valence-electron chi connectivity index (χ2n) is 5.92. The lowest BCUT2D eigenvalue weighted by Crippen LogP contribution is -2.51. The van der Waals surface area contributed by atoms with Crippen molar-refractivity contribution in [2.75, 3.05) is 0 Å². The number of hydrogen-bond acceptors (Lipinski definition) is 2. The van der Waals surface area contributed by atoms with Crippen molar-refractivity contribution in [2.24, 2.45) is 0 Å². The van der Waals surface area contributed by atoms with Crippen LogP contribution in [0.5, 0.6) is 0 Å². The molecule has 4 heteroatoms. The Hall–Kier alpha value is -2.46. The minimum atomic E-state index is 0.225. The molecule has 1 aromatic heterocycles. The van der Waals surface area contributed by atoms with E-state index in [0.29, 0.717) is 6.61 Å². The molecule has 0 saturated heterocycles. The standard InChI is InChI=1S/C18H16N3O/c1-2-7-14(8-3-1)21-12-20-17(19-21)11-22-16-10-13-6-4-5-9-15(13)18(16)20/h1-9,12,16,18H,10-11H2/q+1/t16-,18+/m0/s1. The molecule has 2 atom stereocenters. The average Bonchev–Trinajstić information content (AvgIpc) is 3.16. The third-order valence-electron chi connectivity index (χ3n) is 4.65. The van der Waals surface area contributed by atoms with Gasteiger partial charge < -0.3 is 4.74 Å². The van der Waals surface area contributed by atoms with Gasteiger partial charge in [0.05, 0.1) is 0 Å². The van der Waals surface area contributed by atoms with Crippen LogP contribution in [0.2, 0.25) is 0 Å². The summed E-state index contributed by atoms with van der Waals surface area (Å²) in [5.74, 6) is 0.988. The average molecular weight is 290 g/mol. The van der Waals surface area contributed by atoms with E-state index in [1.807, 2.05) is 22.9 Å². The van der Waals surface area contributed by atoms with Crippen molar-refractivity contribution < 1.29 is 9.30 Å². The lowest BCUT2D eigenvalue weighted by molar-refractivity contribution is -0.739. The summed E-state index contributed by atoms with van der Waals surface area (Å²) in [5.41, 5.74) is 3.84. The van der Waals surface area contributed by atoms with E-state index in [1.165, 1.54) is 11.1 Å². The number of nitrogens with zero attached hydrogens (tertiary/aromatic N) is 3. The minimum absolute atomic E-state index is 0.225. The number of aromatic nitrogens is 3. The van der Waals surface area contributed by atoms with E-state index in [2.05, 4.69) is 47.3 Å². The molecule has 2 aromatic carbocycles. The van der Waals surface area contributed by atoms with E-state index in [9.17, 15) is 0 Å². The molecular weight excluding hydrogens is 274 g/mol. The summed E-state index contributed by atoms with van der Waals surface area (Å²) in [6.07, 6.45) is 3.32. The third kappa shape index (κ3) is 1.67. The lowest BCUT2D eigenvalue weighted by atomic mass is 10.1. The number of fused-ring (bicyclic) bond motifs is 5. The summed E-state index contributed by atoms with van der Waals surface area (Å²) in [6.45, 7) is 0.578. The molecular formula is C18H16N3O+. The SMILES string of the molecule is c1ccc(-n2c[n+]3c(n2)CO[C@H]2Cc4ccccc4[C@H]23)cc1. The third-order valence-corrected chi connectivity index (χ3v) is 4.65. The van der Waals surface area contributed by atoms with Crippen LogP contribution in [-0.2, 0) is 17.8 Å². The van der Waals surface area contributed by atoms with Gasteiger partial charge in [0.2, 0.25) is 6.33 Å². The second-order valence-corrected chi connectivity index (χ2v) is 5.92. The topological polar surface area (TPSA) is 30.9 Å². The van der Waals surface area contributed by atoms with E-state index in [1.54, 1.807) is 0 Å². The first-order valence-corrected chi connectivity index (χ1v) is 7.65. The fourth-order valence-corrected chi connectivity index (χ4v) is 3.63. The number of para-hydroxylation sites is 1. The minimum Gasteiger partial charge on any atom is -0.363 e. The first-order valence-electron chi connectivity index (χ1n) is 7.65. The summed E-state index contributed by atoms with van der Waals surface area (Å²) in [7, 11) is 0. The van der Waals surface area contributed by atoms with Crippen LogP contribution in [0.15, 0.2) is 60.9 Å². The van der Waals surface area contributed by atoms with E-state index in [-0.39, 0.29) is 12.1 Å². The van der Waals surface area contributed by atoms with Crippen molar-refractivity contribution in [3.05, 3.63) is 77.9 Å². The predicted octanol–water partition coefficient (Wildman–Crippen LogP) is 2.20. The molecule has 2 aliphatic rings. The quantitative estimate of drug-likeness (QED) is 0.643. The second kappa shape index (κ2) is 4.52. The molecule has 1 aliphatic carbocycles. The van der Waals surface area contributed by atoms with Crippen molar-refractivity contribution in [2.45, 2.75) is 25.2 Å². The molecule has 2 heterocycles. The number of hydrogen-bond donors (Lipinski definition) is 0. The zero-order valence-electron chi connectivity index (χ0n) is 12.1. The lowest BCUT2D eigenvalue weighted by Gasteiger charge is -2.23. The fourth-order valence-electron chi connectivity index (χ4n) is 3.63. The van der Waals surface area contributed by atoms with Crippen molar-refractivity contribution in [3.63, 3.8) is 0 Å². The summed E-state index contributed by atoms with van der Waals surface area (Å²) in [6, 6.07) is 19.1. The Morgan fingerprint density at radius 2 is 1.86 bits per heavy atom. The highest BCUT2D eigenvalue weighted by Gasteiger charge is 2.43. The largest absolute Gasteiger partial charge is 0.363 e. The molecule has 1 aliphatic heterocycles. The normalized spacial score (nSPS) is 22.0. The van der Waals surface area contributed by atoms with E-state index < -0.39 is 0 Å². The summed E-state index contributed by atoms with van der Waals surface area (Å²) in [5, 5.41) is 4.71. The number of rotatable bonds is 1. The van der Waals surface area contributed by atoms with Crippen LogP contribution in [0.3, 0.4) is 0 Å². The van der Waals surface area contributed by atoms with E-state index in [0.717, 1.165) is 17.9 Å². The van der Waals surface area contributed by atoms with Gasteiger partial charge in [-0.05, 0) is 23.3 Å². The zero-order valence-corrected chi connectivity index (χ0v) is 12.1. The fraction of sp³-hybridized carbons (Fsp3) is 0.222. The van der Waals surface area contributed by atoms with Crippen molar-refractivity contribution in [1.29, 1.82) is 0 Å². The van der Waals surface area contributed by atoms with Gasteiger partial charge in [-0.3, -0.25) is 0 Å². The Labute approximate surface area is 128 Å². The molecule has 4 nitrogen and oxygen atoms in total. The van der Waals surface area contributed by atoms with Crippen molar-refractivity contribution in [1.82, 2.24) is 9.78 Å². The Kier molecular flexibility index (Phi) is 2.49. The maximum atomic E-state index is 6.06. The van der Waals surface area contributed by atoms with E-state index in [4.69, 9.17) is 9.84 Å². The first kappa shape index (κ1) is 12.1. The summed E-state index contributed by atoms with van der Waals surface area (Å²) < 4.78 is 10.3. The van der Waals surface area contributed by atoms with Crippen LogP contribution in [0.25, 0.3) is 5.69 Å². The molecule has 0 bridgehead atoms. The maximum absolute atomic E-state index is 6.06. The van der Waals surface area contributed by atoms with Crippen LogP contribution in [0.1, 0.15) is 23.0 Å². The van der Waals surface area contributed by atoms with Crippen molar-refractivity contribution >= 4 is 0 Å². The van der Waals surface area contributed by atoms with Gasteiger partial charge in [0.1, 0.15) is 24.4 Å². The van der Waals surface area contributed by atoms with Crippen LogP contribution < -0.4 is 4.57 Å². The van der Waals surface area contributed by atoms with Gasteiger partial charge in [0.25, 0.3) is 0 Å². The zero-order chi connectivity index (χ0) is 14.5. The molecule has 0 saturated carbocycles. The van der Waals surface area contributed by atoms with Gasteiger partial charge in [-0.25, -0.2) is 4.57 Å². The molecule has 108 valence electrons. The molecule has 22 heavy (non-hydrogen) atoms. The van der Waals surface area contributed by atoms with Gasteiger partial charge in [-0.2, -0.15) is 0 Å². The van der Waals surface area contributed by atoms with Gasteiger partial charge in [-0.15, -0.1) is 0 Å². The van der Waals surface area contributed by atoms with Crippen LogP contribution in [0.4, 0.5) is 0 Å². The Morgan fingerprint density at radius 3 is 2.77 bits per heavy atom. The molecule has 0 spiro atoms. The molecule has 0 fully saturated rings. The predicted molar refractivity (Wildman–Crippen MR) is 80.6 cm³/mol. The smallest absolute Gasteiger partial charge is 0.304 e. The number of benzene rings is 2. The summed E-state index contributed by atoms with van der Waals surface area (Å²) in [4.78, 5) is 0. The van der Waals surface area contributed by atoms with Crippen LogP contribution in [0, 0.1) is 0 Å². The summed E-state index contributed by atoms with van der Waals surface area (Å²) >= 11 is 0. The Bertz CT molecular complexity index is 841. The molecule has 0 N–H and O–H groups in total. The Morgan fingerprint density at radius 1 is 1.05 bits per heavy atom. The first-order chi connectivity index (χ1) is 10.9. The highest BCUT2D eigenvalue weighted by atomic mass is 16.5. The van der Waals surface area contributed by atoms with Gasteiger partial charge >= 0.3 is 5.82 Å². The maximum Gasteiger partial charge on any atom is 0.304 e. The van der Waals surface area contributed by atoms with Crippen LogP contribution >= 0.6 is 0 Å². The van der Waals surface area contributed by atoms with E-state index >= 15 is 0 Å². The number of ether oxygens (including phenoxy) is 1. The Balaban J connectivity index is 1.64. The van der Waals surface area contributed by atoms with Gasteiger partial charge in [0, 0.05) is 11.5 Å². The molecule has 0 radical (unpaired) electrons. The van der Waals surface area contributed by atoms with Crippen LogP contribution in [-0.4, -0.2) is 15.9 Å². The molecule has 3 aromatic rings. The highest BCUT2D eigenvalue weighted by Crippen LogP contribution is 2.35.